The number of hydrogen-bond acceptors (Lipinski definition) is 4. The number of rotatable bonds is 5. The topological polar surface area (TPSA) is 54.0 Å². The normalized spacial score (nSPS) is 10.5. The lowest BCUT2D eigenvalue weighted by Gasteiger charge is -2.09. The molecule has 0 aliphatic carbocycles. The molecule has 2 rings (SSSR count). The van der Waals surface area contributed by atoms with Crippen molar-refractivity contribution in [1.29, 1.82) is 0 Å². The fraction of sp³-hybridized carbons (Fsp3) is 0.286. The van der Waals surface area contributed by atoms with E-state index in [4.69, 9.17) is 0 Å². The summed E-state index contributed by atoms with van der Waals surface area (Å²) >= 11 is 1.47. The highest BCUT2D eigenvalue weighted by molar-refractivity contribution is 7.09. The van der Waals surface area contributed by atoms with Crippen molar-refractivity contribution in [3.8, 4) is 0 Å². The number of carbonyl (C=O) groups is 1. The highest BCUT2D eigenvalue weighted by atomic mass is 32.1. The van der Waals surface area contributed by atoms with E-state index in [-0.39, 0.29) is 17.8 Å². The van der Waals surface area contributed by atoms with Crippen molar-refractivity contribution < 1.29 is 13.6 Å². The Hall–Kier alpha value is -2.02. The molecule has 0 aliphatic rings. The van der Waals surface area contributed by atoms with Crippen molar-refractivity contribution in [2.24, 2.45) is 0 Å². The van der Waals surface area contributed by atoms with E-state index in [2.05, 4.69) is 15.6 Å². The Labute approximate surface area is 125 Å². The van der Waals surface area contributed by atoms with Gasteiger partial charge in [-0.3, -0.25) is 4.79 Å². The van der Waals surface area contributed by atoms with Gasteiger partial charge < -0.3 is 10.6 Å². The fourth-order valence-electron chi connectivity index (χ4n) is 1.81. The van der Waals surface area contributed by atoms with E-state index in [0.29, 0.717) is 6.54 Å². The van der Waals surface area contributed by atoms with Gasteiger partial charge >= 0.3 is 0 Å². The van der Waals surface area contributed by atoms with Gasteiger partial charge in [-0.2, -0.15) is 0 Å². The third-order valence-corrected chi connectivity index (χ3v) is 3.58. The Bertz CT molecular complexity index is 634. The van der Waals surface area contributed by atoms with Gasteiger partial charge in [-0.05, 0) is 26.0 Å². The number of aromatic nitrogens is 1. The Kier molecular flexibility index (Phi) is 4.85. The fourth-order valence-corrected chi connectivity index (χ4v) is 2.42. The smallest absolute Gasteiger partial charge is 0.251 e. The number of nitrogens with one attached hydrogen (secondary N) is 2. The Morgan fingerprint density at radius 1 is 1.33 bits per heavy atom. The van der Waals surface area contributed by atoms with Crippen LogP contribution in [0.1, 0.15) is 28.0 Å². The largest absolute Gasteiger partial charge is 0.381 e. The van der Waals surface area contributed by atoms with Gasteiger partial charge in [0.1, 0.15) is 17.3 Å². The molecule has 0 spiro atoms. The van der Waals surface area contributed by atoms with Crippen LogP contribution in [0.25, 0.3) is 0 Å². The van der Waals surface area contributed by atoms with Gasteiger partial charge in [-0.15, -0.1) is 11.3 Å². The lowest BCUT2D eigenvalue weighted by atomic mass is 10.1. The molecule has 0 unspecified atom stereocenters. The maximum atomic E-state index is 13.7. The monoisotopic (exact) mass is 311 g/mol. The predicted molar refractivity (Wildman–Crippen MR) is 78.5 cm³/mol. The number of hydrogen-bond donors (Lipinski definition) is 2. The van der Waals surface area contributed by atoms with Crippen molar-refractivity contribution in [2.75, 3.05) is 11.9 Å². The first-order valence-corrected chi connectivity index (χ1v) is 7.31. The third kappa shape index (κ3) is 3.75. The molecule has 4 nitrogen and oxygen atoms in total. The SMILES string of the molecule is CCNc1c(F)cc(C(=O)NCc2csc(C)n2)cc1F. The molecule has 0 aliphatic heterocycles. The molecule has 2 N–H and O–H groups in total. The summed E-state index contributed by atoms with van der Waals surface area (Å²) < 4.78 is 27.5. The molecule has 0 fully saturated rings. The van der Waals surface area contributed by atoms with Crippen molar-refractivity contribution in [3.63, 3.8) is 0 Å². The second-order valence-electron chi connectivity index (χ2n) is 4.39. The van der Waals surface area contributed by atoms with Gasteiger partial charge in [0.15, 0.2) is 0 Å². The molecular formula is C14H15F2N3OS. The van der Waals surface area contributed by atoms with Crippen LogP contribution in [0.15, 0.2) is 17.5 Å². The minimum absolute atomic E-state index is 0.0568. The lowest BCUT2D eigenvalue weighted by Crippen LogP contribution is -2.23. The molecule has 1 aromatic heterocycles. The zero-order valence-corrected chi connectivity index (χ0v) is 12.5. The van der Waals surface area contributed by atoms with Crippen LogP contribution in [-0.2, 0) is 6.54 Å². The zero-order chi connectivity index (χ0) is 15.4. The average molecular weight is 311 g/mol. The van der Waals surface area contributed by atoms with Gasteiger partial charge in [0.25, 0.3) is 5.91 Å². The van der Waals surface area contributed by atoms with Gasteiger partial charge in [0.2, 0.25) is 0 Å². The first-order valence-electron chi connectivity index (χ1n) is 6.43. The van der Waals surface area contributed by atoms with E-state index in [1.165, 1.54) is 11.3 Å². The van der Waals surface area contributed by atoms with E-state index < -0.39 is 17.5 Å². The second kappa shape index (κ2) is 6.62. The minimum Gasteiger partial charge on any atom is -0.381 e. The molecule has 21 heavy (non-hydrogen) atoms. The second-order valence-corrected chi connectivity index (χ2v) is 5.45. The first-order chi connectivity index (χ1) is 10.0. The standard InChI is InChI=1S/C14H15F2N3OS/c1-3-17-13-11(15)4-9(5-12(13)16)14(20)18-6-10-7-21-8(2)19-10/h4-5,7,17H,3,6H2,1-2H3,(H,18,20). The molecule has 112 valence electrons. The highest BCUT2D eigenvalue weighted by Gasteiger charge is 2.14. The maximum absolute atomic E-state index is 13.7. The van der Waals surface area contributed by atoms with E-state index in [1.807, 2.05) is 12.3 Å². The Morgan fingerprint density at radius 3 is 2.52 bits per heavy atom. The molecule has 1 heterocycles. The predicted octanol–water partition coefficient (Wildman–Crippen LogP) is 3.09. The van der Waals surface area contributed by atoms with Crippen LogP contribution in [0.3, 0.4) is 0 Å². The molecule has 2 aromatic rings. The number of carbonyl (C=O) groups excluding carboxylic acids is 1. The van der Waals surface area contributed by atoms with E-state index >= 15 is 0 Å². The number of benzene rings is 1. The number of amides is 1. The van der Waals surface area contributed by atoms with Crippen LogP contribution in [0.4, 0.5) is 14.5 Å². The van der Waals surface area contributed by atoms with Gasteiger partial charge in [0.05, 0.1) is 17.2 Å². The number of halogens is 2. The van der Waals surface area contributed by atoms with Crippen molar-refractivity contribution in [3.05, 3.63) is 45.4 Å². The van der Waals surface area contributed by atoms with E-state index in [9.17, 15) is 13.6 Å². The summed E-state index contributed by atoms with van der Waals surface area (Å²) in [5, 5.41) is 7.89. The molecule has 7 heteroatoms. The molecule has 0 atom stereocenters. The molecular weight excluding hydrogens is 296 g/mol. The summed E-state index contributed by atoms with van der Waals surface area (Å²) in [5.74, 6) is -2.11. The van der Waals surface area contributed by atoms with Crippen molar-refractivity contribution >= 4 is 22.9 Å². The molecule has 0 bridgehead atoms. The average Bonchev–Trinajstić information content (AvgIpc) is 2.85. The number of anilines is 1. The quantitative estimate of drug-likeness (QED) is 0.892. The van der Waals surface area contributed by atoms with Gasteiger partial charge in [-0.1, -0.05) is 0 Å². The lowest BCUT2D eigenvalue weighted by molar-refractivity contribution is 0.0949. The third-order valence-electron chi connectivity index (χ3n) is 2.75. The highest BCUT2D eigenvalue weighted by Crippen LogP contribution is 2.20. The maximum Gasteiger partial charge on any atom is 0.251 e. The van der Waals surface area contributed by atoms with Crippen LogP contribution in [0, 0.1) is 18.6 Å². The van der Waals surface area contributed by atoms with E-state index in [0.717, 1.165) is 22.8 Å². The minimum atomic E-state index is -0.786. The zero-order valence-electron chi connectivity index (χ0n) is 11.7. The summed E-state index contributed by atoms with van der Waals surface area (Å²) in [4.78, 5) is 16.1. The number of nitrogens with zero attached hydrogens (tertiary/aromatic N) is 1. The van der Waals surface area contributed by atoms with Crippen LogP contribution in [0.5, 0.6) is 0 Å². The molecule has 0 saturated carbocycles. The van der Waals surface area contributed by atoms with Crippen molar-refractivity contribution in [1.82, 2.24) is 10.3 Å². The summed E-state index contributed by atoms with van der Waals surface area (Å²) in [5.41, 5.74) is 0.443. The Balaban J connectivity index is 2.08. The first kappa shape index (κ1) is 15.4. The molecule has 1 aromatic carbocycles. The van der Waals surface area contributed by atoms with Crippen LogP contribution in [-0.4, -0.2) is 17.4 Å². The van der Waals surface area contributed by atoms with E-state index in [1.54, 1.807) is 6.92 Å². The molecule has 0 radical (unpaired) electrons. The van der Waals surface area contributed by atoms with Gasteiger partial charge in [0, 0.05) is 17.5 Å². The van der Waals surface area contributed by atoms with Crippen LogP contribution in [0.2, 0.25) is 0 Å². The number of aryl methyl sites for hydroxylation is 1. The molecule has 0 saturated heterocycles. The van der Waals surface area contributed by atoms with Crippen LogP contribution >= 0.6 is 11.3 Å². The summed E-state index contributed by atoms with van der Waals surface area (Å²) in [6, 6.07) is 2.03. The number of thiazole rings is 1. The Morgan fingerprint density at radius 2 is 2.00 bits per heavy atom. The summed E-state index contributed by atoms with van der Waals surface area (Å²) in [6.45, 7) is 4.21. The van der Waals surface area contributed by atoms with Crippen molar-refractivity contribution in [2.45, 2.75) is 20.4 Å². The summed E-state index contributed by atoms with van der Waals surface area (Å²) in [7, 11) is 0. The van der Waals surface area contributed by atoms with Crippen LogP contribution < -0.4 is 10.6 Å². The molecule has 1 amide bonds. The summed E-state index contributed by atoms with van der Waals surface area (Å²) in [6.07, 6.45) is 0. The van der Waals surface area contributed by atoms with Gasteiger partial charge in [-0.25, -0.2) is 13.8 Å².